The van der Waals surface area contributed by atoms with Crippen LogP contribution in [-0.2, 0) is 11.2 Å². The zero-order valence-electron chi connectivity index (χ0n) is 78.6. The van der Waals surface area contributed by atoms with E-state index in [-0.39, 0.29) is 29.2 Å². The summed E-state index contributed by atoms with van der Waals surface area (Å²) in [5.74, 6) is -0.436. The van der Waals surface area contributed by atoms with Crippen LogP contribution in [0.1, 0.15) is 257 Å². The molecule has 125 heavy (non-hydrogen) atoms. The van der Waals surface area contributed by atoms with Crippen molar-refractivity contribution in [2.45, 2.75) is 282 Å². The highest BCUT2D eigenvalue weighted by molar-refractivity contribution is 7.54. The standard InChI is InChI=1S/C27H36ClN3O.C27H37N3.C20H20Cl2N2O.C18H19ClN2.C7H17N.C2H2Cl2O.Al.3ClH/c1-8-10-21(11-9-2)30-22-14-19(6)29-27-25(22)24(23(32)15-28)20(7)31(27)26-17(4)12-16(3)13-18(26)5;1-8-10-22(11-9-2)29-13-12-23-21(7)30(26-18(4)14-17(3)15-19(26)5)27-25(23)24(29)16-20(6)28-27;1-10-6-11(2)19(12(3)7-10)24-14(5)17(16(25)9-21)18-15(22)8-13(4)23-20(18)24;1-10-6-11(2)17(12(3)7-10)21-14(5)9-15-16(19)8-13(4)20-18(15)21;1-3-5-7(8)6-4-2;3-1-2(4)5;;;;/h12-14,21H,8-11,15H2,1-7H3,(H,29,30);14-16,22H,8-13H2,1-7H3;6-8H,9H2,1-5H3;6-9H,1-5H3;7H,3-6,8H2,1-2H3;1H2;;3*1H/q;;;;;;+3;;;/p-3. The van der Waals surface area contributed by atoms with Crippen molar-refractivity contribution in [1.82, 2.24) is 38.2 Å². The molecule has 0 spiro atoms. The second-order valence-electron chi connectivity index (χ2n) is 33.8. The molecule has 0 atom stereocenters. The summed E-state index contributed by atoms with van der Waals surface area (Å²) in [5.41, 5.74) is 41.9. The molecule has 674 valence electrons. The summed E-state index contributed by atoms with van der Waals surface area (Å²) in [6.07, 6.45) is 15.3. The minimum atomic E-state index is -1.72. The molecular formula is C101H131AlCl9N11O3. The van der Waals surface area contributed by atoms with Gasteiger partial charge in [0.15, 0.2) is 11.6 Å². The molecule has 12 aromatic rings. The number of ketones is 2. The van der Waals surface area contributed by atoms with E-state index in [1.165, 1.54) is 141 Å². The van der Waals surface area contributed by atoms with E-state index in [0.717, 1.165) is 139 Å². The van der Waals surface area contributed by atoms with Crippen LogP contribution in [0.2, 0.25) is 10.0 Å². The van der Waals surface area contributed by atoms with Gasteiger partial charge in [-0.25, -0.2) is 50.1 Å². The molecule has 0 aliphatic carbocycles. The first-order valence-corrected chi connectivity index (χ1v) is 51.9. The Bertz CT molecular complexity index is 5710. The third-order valence-electron chi connectivity index (χ3n) is 22.8. The number of nitrogens with two attached hydrogens (primary N) is 1. The number of carbonyl (C=O) groups is 3. The number of fused-ring (bicyclic) bond motifs is 3. The van der Waals surface area contributed by atoms with Crippen LogP contribution in [0.15, 0.2) is 78.9 Å². The first-order valence-electron chi connectivity index (χ1n) is 43.9. The van der Waals surface area contributed by atoms with E-state index in [2.05, 4.69) is 236 Å². The molecule has 8 aromatic heterocycles. The molecule has 1 aliphatic rings. The number of Topliss-reactive ketones (excluding diaryl/α,β-unsaturated/α-hetero) is 2. The fourth-order valence-corrected chi connectivity index (χ4v) is 19.4. The number of anilines is 2. The monoisotopic (exact) mass is 1890 g/mol. The third-order valence-corrected chi connectivity index (χ3v) is 24.5. The van der Waals surface area contributed by atoms with E-state index in [1.807, 2.05) is 45.3 Å². The highest BCUT2D eigenvalue weighted by Gasteiger charge is 2.33. The molecule has 14 nitrogen and oxygen atoms in total. The lowest BCUT2D eigenvalue weighted by Crippen LogP contribution is -2.39. The molecule has 0 amide bonds. The maximum atomic E-state index is 13.1. The molecule has 0 radical (unpaired) electrons. The summed E-state index contributed by atoms with van der Waals surface area (Å²) in [6, 6.07) is 29.3. The first kappa shape index (κ1) is 105. The van der Waals surface area contributed by atoms with Crippen LogP contribution in [0, 0.1) is 138 Å². The SMILES string of the molecule is CCCC(CCC)N1CCc2c(C)n(-c3c(C)cc(C)cc3C)c3nc(C)cc1c23.CCCC(CCC)Nc1cc(C)nc2c1c(C(=O)CCl)c(C)n2-c1c(C)cc(C)cc1C.CCCC(N)CCC.Cc1cc(C)c(-n2c(C)c(C(=O)CCl)c3c(Cl)cc(C)nc32)c(C)c1.Cc1cc(C)c(-n2c(C)cc3c(Cl)cc(C)nc32)c(C)c1.O=C(Cl)CCl.[Cl][Al]([Cl])[Cl]. The zero-order valence-corrected chi connectivity index (χ0v) is 86.5. The molecule has 0 bridgehead atoms. The molecule has 4 aromatic carbocycles. The summed E-state index contributed by atoms with van der Waals surface area (Å²) in [4.78, 5) is 57.2. The number of benzene rings is 4. The van der Waals surface area contributed by atoms with Crippen molar-refractivity contribution in [3.05, 3.63) is 218 Å². The Balaban J connectivity index is 0.000000216. The maximum absolute atomic E-state index is 13.1. The number of hydrogen-bond donors (Lipinski definition) is 2. The number of carbonyl (C=O) groups excluding carboxylic acids is 3. The van der Waals surface area contributed by atoms with Gasteiger partial charge in [-0.3, -0.25) is 32.7 Å². The Morgan fingerprint density at radius 1 is 0.416 bits per heavy atom. The van der Waals surface area contributed by atoms with Crippen molar-refractivity contribution in [2.75, 3.05) is 34.4 Å². The number of hydrogen-bond acceptors (Lipinski definition) is 10. The second kappa shape index (κ2) is 48.3. The topological polar surface area (TPSA) is 164 Å². The minimum absolute atomic E-state index is 0.0491. The fourth-order valence-electron chi connectivity index (χ4n) is 18.5. The Labute approximate surface area is 791 Å². The maximum Gasteiger partial charge on any atom is 0.643 e. The lowest BCUT2D eigenvalue weighted by molar-refractivity contribution is -0.109. The largest absolute Gasteiger partial charge is 0.643 e. The lowest BCUT2D eigenvalue weighted by Gasteiger charge is -2.37. The second-order valence-corrected chi connectivity index (χ2v) is 42.3. The number of rotatable bonds is 24. The lowest BCUT2D eigenvalue weighted by atomic mass is 9.97. The number of nitrogens with one attached hydrogen (secondary N) is 1. The van der Waals surface area contributed by atoms with Crippen LogP contribution in [0.5, 0.6) is 0 Å². The van der Waals surface area contributed by atoms with Gasteiger partial charge in [-0.05, 0) is 275 Å². The van der Waals surface area contributed by atoms with E-state index in [9.17, 15) is 14.4 Å². The molecule has 24 heteroatoms. The van der Waals surface area contributed by atoms with Crippen LogP contribution in [0.3, 0.4) is 0 Å². The van der Waals surface area contributed by atoms with Gasteiger partial charge < -0.3 is 16.0 Å². The highest BCUT2D eigenvalue weighted by atomic mass is 35.8. The van der Waals surface area contributed by atoms with Gasteiger partial charge in [0.1, 0.15) is 22.6 Å². The van der Waals surface area contributed by atoms with E-state index < -0.39 is 16.6 Å². The van der Waals surface area contributed by atoms with Gasteiger partial charge in [0.25, 0.3) is 0 Å². The molecule has 0 unspecified atom stereocenters. The number of alkyl halides is 3. The molecule has 3 N–H and O–H groups in total. The predicted molar refractivity (Wildman–Crippen MR) is 544 cm³/mol. The van der Waals surface area contributed by atoms with E-state index in [4.69, 9.17) is 125 Å². The van der Waals surface area contributed by atoms with Gasteiger partial charge in [-0.2, -0.15) is 0 Å². The normalized spacial score (nSPS) is 11.6. The average molecular weight is 1890 g/mol. The summed E-state index contributed by atoms with van der Waals surface area (Å²) in [7, 11) is 14.8. The molecular weight excluding hydrogens is 1760 g/mol. The van der Waals surface area contributed by atoms with E-state index in [1.54, 1.807) is 6.07 Å². The van der Waals surface area contributed by atoms with Crippen LogP contribution >= 0.6 is 99.8 Å². The van der Waals surface area contributed by atoms with Crippen LogP contribution < -0.4 is 16.0 Å². The zero-order chi connectivity index (χ0) is 93.2. The van der Waals surface area contributed by atoms with Crippen molar-refractivity contribution in [2.24, 2.45) is 5.73 Å². The molecule has 0 saturated carbocycles. The van der Waals surface area contributed by atoms with Crippen LogP contribution in [0.25, 0.3) is 66.9 Å². The quantitative estimate of drug-likeness (QED) is 0.0258. The van der Waals surface area contributed by atoms with Crippen molar-refractivity contribution < 1.29 is 14.4 Å². The Morgan fingerprint density at radius 2 is 0.744 bits per heavy atom. The van der Waals surface area contributed by atoms with Gasteiger partial charge in [0.2, 0.25) is 5.24 Å². The molecule has 0 fully saturated rings. The first-order chi connectivity index (χ1) is 59.0. The summed E-state index contributed by atoms with van der Waals surface area (Å²) in [5, 5.41) is 8.51. The summed E-state index contributed by atoms with van der Waals surface area (Å²) < 4.78 is 8.87. The molecule has 1 aliphatic heterocycles. The van der Waals surface area contributed by atoms with Crippen molar-refractivity contribution >= 4 is 183 Å². The molecule has 13 rings (SSSR count). The highest BCUT2D eigenvalue weighted by Crippen LogP contribution is 2.44. The number of aryl methyl sites for hydroxylation is 17. The number of halogens is 9. The van der Waals surface area contributed by atoms with E-state index >= 15 is 0 Å². The summed E-state index contributed by atoms with van der Waals surface area (Å²) in [6.45, 7) is 56.6. The Kier molecular flexibility index (Phi) is 40.7. The Hall–Kier alpha value is -6.65. The minimum Gasteiger partial charge on any atom is -0.382 e. The van der Waals surface area contributed by atoms with Crippen molar-refractivity contribution in [3.8, 4) is 22.7 Å². The fraction of sp³-hybridized carbons (Fsp3) is 0.455. The number of nitrogens with zero attached hydrogens (tertiary/aromatic N) is 9. The average Bonchev–Trinajstić information content (AvgIpc) is 1.58. The predicted octanol–water partition coefficient (Wildman–Crippen LogP) is 29.7. The van der Waals surface area contributed by atoms with Crippen LogP contribution in [0.4, 0.5) is 11.4 Å². The van der Waals surface area contributed by atoms with Gasteiger partial charge in [-0.1, -0.05) is 174 Å². The van der Waals surface area contributed by atoms with Gasteiger partial charge in [0, 0.05) is 92.1 Å². The summed E-state index contributed by atoms with van der Waals surface area (Å²) >= 11 is 32.7. The molecule has 9 heterocycles. The number of pyridine rings is 4. The molecule has 0 saturated heterocycles. The van der Waals surface area contributed by atoms with Crippen molar-refractivity contribution in [3.63, 3.8) is 0 Å². The Morgan fingerprint density at radius 3 is 1.12 bits per heavy atom. The number of aromatic nitrogens is 8. The third kappa shape index (κ3) is 25.7. The van der Waals surface area contributed by atoms with Gasteiger partial charge in [0.05, 0.1) is 72.6 Å². The smallest absolute Gasteiger partial charge is 0.382 e. The van der Waals surface area contributed by atoms with Crippen molar-refractivity contribution in [1.29, 1.82) is 0 Å². The van der Waals surface area contributed by atoms with Gasteiger partial charge in [-0.15, -0.1) is 34.8 Å². The van der Waals surface area contributed by atoms with Gasteiger partial charge >= 0.3 is 11.4 Å². The van der Waals surface area contributed by atoms with E-state index in [0.29, 0.717) is 45.3 Å². The van der Waals surface area contributed by atoms with Crippen LogP contribution in [-0.4, -0.2) is 109 Å².